The second-order valence-electron chi connectivity index (χ2n) is 3.67. The van der Waals surface area contributed by atoms with Crippen LogP contribution in [-0.2, 0) is 6.42 Å². The molecular weight excluding hydrogens is 158 g/mol. The summed E-state index contributed by atoms with van der Waals surface area (Å²) in [6, 6.07) is 6.71. The number of nitrogens with zero attached hydrogens (tertiary/aromatic N) is 1. The van der Waals surface area contributed by atoms with Crippen molar-refractivity contribution in [2.45, 2.75) is 13.3 Å². The second kappa shape index (κ2) is 2.25. The molecule has 0 saturated heterocycles. The molecule has 1 aromatic heterocycles. The van der Waals surface area contributed by atoms with Gasteiger partial charge in [0.2, 0.25) is 0 Å². The SMILES string of the molecule is Cc1cc2c3c(ccn3C=CC2)c1. The zero-order valence-electron chi connectivity index (χ0n) is 7.62. The molecule has 2 aromatic rings. The van der Waals surface area contributed by atoms with E-state index in [0.717, 1.165) is 6.42 Å². The number of benzene rings is 1. The molecule has 0 radical (unpaired) electrons. The number of hydrogen-bond acceptors (Lipinski definition) is 0. The van der Waals surface area contributed by atoms with Gasteiger partial charge < -0.3 is 4.57 Å². The Labute approximate surface area is 77.3 Å². The fourth-order valence-corrected chi connectivity index (χ4v) is 2.13. The number of aromatic nitrogens is 1. The van der Waals surface area contributed by atoms with Crippen molar-refractivity contribution in [3.05, 3.63) is 41.6 Å². The van der Waals surface area contributed by atoms with E-state index in [1.807, 2.05) is 0 Å². The van der Waals surface area contributed by atoms with Crippen LogP contribution in [0, 0.1) is 6.92 Å². The average molecular weight is 169 g/mol. The van der Waals surface area contributed by atoms with E-state index in [2.05, 4.69) is 48.2 Å². The van der Waals surface area contributed by atoms with Crippen molar-refractivity contribution in [1.29, 1.82) is 0 Å². The van der Waals surface area contributed by atoms with Crippen LogP contribution in [0.25, 0.3) is 17.1 Å². The molecule has 1 heteroatoms. The topological polar surface area (TPSA) is 4.93 Å². The van der Waals surface area contributed by atoms with Crippen molar-refractivity contribution in [3.8, 4) is 0 Å². The lowest BCUT2D eigenvalue weighted by Crippen LogP contribution is -1.96. The third-order valence-electron chi connectivity index (χ3n) is 2.64. The molecule has 13 heavy (non-hydrogen) atoms. The monoisotopic (exact) mass is 169 g/mol. The van der Waals surface area contributed by atoms with Crippen molar-refractivity contribution in [2.75, 3.05) is 0 Å². The van der Waals surface area contributed by atoms with E-state index in [9.17, 15) is 0 Å². The fraction of sp³-hybridized carbons (Fsp3) is 0.167. The van der Waals surface area contributed by atoms with Crippen LogP contribution in [0.1, 0.15) is 11.1 Å². The maximum atomic E-state index is 2.28. The van der Waals surface area contributed by atoms with Crippen molar-refractivity contribution >= 4 is 17.1 Å². The molecule has 1 nitrogen and oxygen atoms in total. The van der Waals surface area contributed by atoms with Crippen LogP contribution in [0.3, 0.4) is 0 Å². The van der Waals surface area contributed by atoms with Crippen LogP contribution in [0.15, 0.2) is 30.5 Å². The summed E-state index contributed by atoms with van der Waals surface area (Å²) in [5.74, 6) is 0. The summed E-state index contributed by atoms with van der Waals surface area (Å²) >= 11 is 0. The van der Waals surface area contributed by atoms with E-state index in [4.69, 9.17) is 0 Å². The molecule has 1 aromatic carbocycles. The third-order valence-corrected chi connectivity index (χ3v) is 2.64. The Balaban J connectivity index is 2.52. The van der Waals surface area contributed by atoms with Gasteiger partial charge in [0.15, 0.2) is 0 Å². The molecule has 0 amide bonds. The minimum atomic E-state index is 1.07. The summed E-state index contributed by atoms with van der Waals surface area (Å²) in [7, 11) is 0. The van der Waals surface area contributed by atoms with Gasteiger partial charge in [0, 0.05) is 17.8 Å². The van der Waals surface area contributed by atoms with Crippen LogP contribution >= 0.6 is 0 Å². The first-order chi connectivity index (χ1) is 6.34. The maximum Gasteiger partial charge on any atom is 0.0557 e. The molecule has 0 atom stereocenters. The van der Waals surface area contributed by atoms with E-state index in [1.165, 1.54) is 22.0 Å². The molecule has 1 aliphatic heterocycles. The van der Waals surface area contributed by atoms with E-state index in [-0.39, 0.29) is 0 Å². The molecule has 0 aliphatic carbocycles. The molecule has 0 unspecified atom stereocenters. The lowest BCUT2D eigenvalue weighted by atomic mass is 10.0. The summed E-state index contributed by atoms with van der Waals surface area (Å²) in [5, 5.41) is 1.36. The average Bonchev–Trinajstić information content (AvgIpc) is 2.50. The molecule has 0 N–H and O–H groups in total. The first kappa shape index (κ1) is 6.96. The highest BCUT2D eigenvalue weighted by atomic mass is 14.9. The molecule has 1 aliphatic rings. The largest absolute Gasteiger partial charge is 0.323 e. The number of hydrogen-bond donors (Lipinski definition) is 0. The quantitative estimate of drug-likeness (QED) is 0.571. The van der Waals surface area contributed by atoms with Gasteiger partial charge in [-0.1, -0.05) is 17.7 Å². The summed E-state index contributed by atoms with van der Waals surface area (Å²) in [5.41, 5.74) is 4.19. The minimum Gasteiger partial charge on any atom is -0.323 e. The van der Waals surface area contributed by atoms with Crippen molar-refractivity contribution in [2.24, 2.45) is 0 Å². The van der Waals surface area contributed by atoms with Gasteiger partial charge >= 0.3 is 0 Å². The summed E-state index contributed by atoms with van der Waals surface area (Å²) in [6.45, 7) is 2.16. The Morgan fingerprint density at radius 1 is 1.31 bits per heavy atom. The Kier molecular flexibility index (Phi) is 1.21. The highest BCUT2D eigenvalue weighted by molar-refractivity contribution is 5.87. The Morgan fingerprint density at radius 3 is 3.15 bits per heavy atom. The Hall–Kier alpha value is -1.50. The second-order valence-corrected chi connectivity index (χ2v) is 3.67. The summed E-state index contributed by atoms with van der Waals surface area (Å²) < 4.78 is 2.20. The van der Waals surface area contributed by atoms with Gasteiger partial charge in [-0.2, -0.15) is 0 Å². The number of allylic oxidation sites excluding steroid dienone is 1. The van der Waals surface area contributed by atoms with Crippen molar-refractivity contribution in [1.82, 2.24) is 4.57 Å². The predicted molar refractivity (Wildman–Crippen MR) is 55.7 cm³/mol. The standard InChI is InChI=1S/C12H11N/c1-9-7-10-3-2-5-13-6-4-11(8-9)12(10)13/h2,4-8H,3H2,1H3. The predicted octanol–water partition coefficient (Wildman–Crippen LogP) is 2.98. The van der Waals surface area contributed by atoms with Gasteiger partial charge in [-0.3, -0.25) is 0 Å². The highest BCUT2D eigenvalue weighted by Crippen LogP contribution is 2.25. The summed E-state index contributed by atoms with van der Waals surface area (Å²) in [6.07, 6.45) is 7.55. The van der Waals surface area contributed by atoms with Gasteiger partial charge in [0.1, 0.15) is 0 Å². The lowest BCUT2D eigenvalue weighted by molar-refractivity contribution is 1.13. The molecular formula is C12H11N. The fourth-order valence-electron chi connectivity index (χ4n) is 2.13. The van der Waals surface area contributed by atoms with Crippen LogP contribution < -0.4 is 0 Å². The van der Waals surface area contributed by atoms with Gasteiger partial charge in [0.05, 0.1) is 5.52 Å². The van der Waals surface area contributed by atoms with Gasteiger partial charge in [0.25, 0.3) is 0 Å². The molecule has 0 bridgehead atoms. The van der Waals surface area contributed by atoms with Gasteiger partial charge in [-0.15, -0.1) is 0 Å². The van der Waals surface area contributed by atoms with Crippen LogP contribution in [-0.4, -0.2) is 4.57 Å². The van der Waals surface area contributed by atoms with Crippen LogP contribution in [0.4, 0.5) is 0 Å². The van der Waals surface area contributed by atoms with Crippen LogP contribution in [0.2, 0.25) is 0 Å². The van der Waals surface area contributed by atoms with E-state index in [1.54, 1.807) is 0 Å². The molecule has 2 heterocycles. The van der Waals surface area contributed by atoms with Crippen molar-refractivity contribution in [3.63, 3.8) is 0 Å². The van der Waals surface area contributed by atoms with Crippen LogP contribution in [0.5, 0.6) is 0 Å². The summed E-state index contributed by atoms with van der Waals surface area (Å²) in [4.78, 5) is 0. The zero-order valence-corrected chi connectivity index (χ0v) is 7.62. The first-order valence-corrected chi connectivity index (χ1v) is 4.61. The highest BCUT2D eigenvalue weighted by Gasteiger charge is 2.08. The molecule has 0 fully saturated rings. The first-order valence-electron chi connectivity index (χ1n) is 4.61. The minimum absolute atomic E-state index is 1.07. The third kappa shape index (κ3) is 0.872. The molecule has 64 valence electrons. The van der Waals surface area contributed by atoms with E-state index in [0.29, 0.717) is 0 Å². The Morgan fingerprint density at radius 2 is 2.23 bits per heavy atom. The van der Waals surface area contributed by atoms with E-state index >= 15 is 0 Å². The number of aryl methyl sites for hydroxylation is 1. The normalized spacial score (nSPS) is 13.9. The van der Waals surface area contributed by atoms with E-state index < -0.39 is 0 Å². The lowest BCUT2D eigenvalue weighted by Gasteiger charge is -2.10. The maximum absolute atomic E-state index is 2.28. The Bertz CT molecular complexity index is 503. The molecule has 0 spiro atoms. The number of rotatable bonds is 0. The molecule has 0 saturated carbocycles. The van der Waals surface area contributed by atoms with Gasteiger partial charge in [-0.05, 0) is 31.0 Å². The van der Waals surface area contributed by atoms with Crippen molar-refractivity contribution < 1.29 is 0 Å². The zero-order chi connectivity index (χ0) is 8.84. The smallest absolute Gasteiger partial charge is 0.0557 e. The molecule has 3 rings (SSSR count). The van der Waals surface area contributed by atoms with Gasteiger partial charge in [-0.25, -0.2) is 0 Å².